The molecule has 1 saturated heterocycles. The van der Waals surface area contributed by atoms with Crippen LogP contribution in [0.1, 0.15) is 46.4 Å². The number of amides is 1. The molecule has 1 amide bonds. The van der Waals surface area contributed by atoms with Crippen LogP contribution in [0.3, 0.4) is 0 Å². The van der Waals surface area contributed by atoms with E-state index in [1.54, 1.807) is 19.2 Å². The van der Waals surface area contributed by atoms with E-state index in [1.807, 2.05) is 18.0 Å². The fourth-order valence-electron chi connectivity index (χ4n) is 3.24. The number of methoxy groups -OCH3 is 1. The maximum atomic E-state index is 12.6. The molecule has 1 unspecified atom stereocenters. The Bertz CT molecular complexity index is 718. The van der Waals surface area contributed by atoms with E-state index in [0.717, 1.165) is 36.5 Å². The monoisotopic (exact) mass is 359 g/mol. The number of aromatic nitrogens is 2. The minimum atomic E-state index is -0.0663. The first-order valence-corrected chi connectivity index (χ1v) is 8.91. The zero-order chi connectivity index (χ0) is 18.4. The second-order valence-corrected chi connectivity index (χ2v) is 6.44. The summed E-state index contributed by atoms with van der Waals surface area (Å²) in [7, 11) is 1.65. The molecule has 2 aromatic rings. The highest BCUT2D eigenvalue weighted by Gasteiger charge is 2.29. The van der Waals surface area contributed by atoms with Gasteiger partial charge in [0, 0.05) is 37.9 Å². The average molecular weight is 359 g/mol. The largest absolute Gasteiger partial charge is 0.459 e. The highest BCUT2D eigenvalue weighted by Crippen LogP contribution is 2.29. The number of furan rings is 1. The Balaban J connectivity index is 1.72. The molecule has 1 aliphatic heterocycles. The Hall–Kier alpha value is -2.25. The Morgan fingerprint density at radius 1 is 1.42 bits per heavy atom. The fraction of sp³-hybridized carbons (Fsp3) is 0.526. The van der Waals surface area contributed by atoms with Crippen molar-refractivity contribution in [2.75, 3.05) is 33.4 Å². The van der Waals surface area contributed by atoms with Crippen molar-refractivity contribution >= 4 is 5.91 Å². The molecule has 0 aliphatic carbocycles. The lowest BCUT2D eigenvalue weighted by molar-refractivity contribution is 0.0600. The molecule has 0 spiro atoms. The van der Waals surface area contributed by atoms with E-state index in [0.29, 0.717) is 32.1 Å². The number of piperidine rings is 1. The maximum Gasteiger partial charge on any atom is 0.289 e. The summed E-state index contributed by atoms with van der Waals surface area (Å²) in [6.07, 6.45) is 5.28. The minimum absolute atomic E-state index is 0.0663. The van der Waals surface area contributed by atoms with E-state index in [2.05, 4.69) is 9.97 Å². The molecule has 0 N–H and O–H groups in total. The van der Waals surface area contributed by atoms with E-state index in [9.17, 15) is 4.79 Å². The summed E-state index contributed by atoms with van der Waals surface area (Å²) < 4.78 is 15.9. The molecule has 3 rings (SSSR count). The van der Waals surface area contributed by atoms with E-state index < -0.39 is 0 Å². The van der Waals surface area contributed by atoms with Gasteiger partial charge >= 0.3 is 0 Å². The van der Waals surface area contributed by atoms with Crippen LogP contribution in [0.2, 0.25) is 0 Å². The number of carbonyl (C=O) groups is 1. The summed E-state index contributed by atoms with van der Waals surface area (Å²) in [6, 6.07) is 3.44. The van der Waals surface area contributed by atoms with Crippen molar-refractivity contribution in [3.05, 3.63) is 47.4 Å². The third-order valence-electron chi connectivity index (χ3n) is 4.54. The van der Waals surface area contributed by atoms with E-state index in [1.165, 1.54) is 6.26 Å². The van der Waals surface area contributed by atoms with Gasteiger partial charge in [-0.3, -0.25) is 4.79 Å². The second-order valence-electron chi connectivity index (χ2n) is 6.44. The first kappa shape index (κ1) is 18.5. The minimum Gasteiger partial charge on any atom is -0.459 e. The van der Waals surface area contributed by atoms with Crippen molar-refractivity contribution in [1.82, 2.24) is 14.9 Å². The molecular weight excluding hydrogens is 334 g/mol. The number of hydrogen-bond acceptors (Lipinski definition) is 6. The average Bonchev–Trinajstić information content (AvgIpc) is 3.20. The first-order valence-electron chi connectivity index (χ1n) is 8.91. The van der Waals surface area contributed by atoms with Gasteiger partial charge in [-0.25, -0.2) is 9.97 Å². The van der Waals surface area contributed by atoms with Gasteiger partial charge in [0.15, 0.2) is 5.76 Å². The summed E-state index contributed by atoms with van der Waals surface area (Å²) in [6.45, 7) is 4.77. The number of aryl methyl sites for hydroxylation is 1. The van der Waals surface area contributed by atoms with Crippen molar-refractivity contribution in [3.63, 3.8) is 0 Å². The standard InChI is InChI=1S/C19H25N3O4/c1-14-20-11-16(13-25-10-9-24-2)18(21-14)15-5-3-7-22(12-15)19(23)17-6-4-8-26-17/h4,6,8,11,15H,3,5,7,9-10,12-13H2,1-2H3. The normalized spacial score (nSPS) is 17.5. The topological polar surface area (TPSA) is 77.7 Å². The lowest BCUT2D eigenvalue weighted by Crippen LogP contribution is -2.39. The molecule has 0 radical (unpaired) electrons. The van der Waals surface area contributed by atoms with Crippen LogP contribution < -0.4 is 0 Å². The van der Waals surface area contributed by atoms with Gasteiger partial charge in [-0.15, -0.1) is 0 Å². The maximum absolute atomic E-state index is 12.6. The van der Waals surface area contributed by atoms with Gasteiger partial charge in [0.05, 0.1) is 31.8 Å². The summed E-state index contributed by atoms with van der Waals surface area (Å²) in [4.78, 5) is 23.4. The van der Waals surface area contributed by atoms with Crippen LogP contribution in [-0.2, 0) is 16.1 Å². The molecule has 0 bridgehead atoms. The Morgan fingerprint density at radius 3 is 3.08 bits per heavy atom. The highest BCUT2D eigenvalue weighted by molar-refractivity contribution is 5.91. The zero-order valence-electron chi connectivity index (χ0n) is 15.3. The van der Waals surface area contributed by atoms with Gasteiger partial charge in [0.2, 0.25) is 0 Å². The van der Waals surface area contributed by atoms with E-state index >= 15 is 0 Å². The van der Waals surface area contributed by atoms with Crippen LogP contribution in [0, 0.1) is 6.92 Å². The lowest BCUT2D eigenvalue weighted by Gasteiger charge is -2.32. The first-order chi connectivity index (χ1) is 12.7. The fourth-order valence-corrected chi connectivity index (χ4v) is 3.24. The van der Waals surface area contributed by atoms with Gasteiger partial charge in [-0.1, -0.05) is 0 Å². The van der Waals surface area contributed by atoms with Crippen LogP contribution >= 0.6 is 0 Å². The van der Waals surface area contributed by atoms with E-state index in [-0.39, 0.29) is 11.8 Å². The molecule has 7 nitrogen and oxygen atoms in total. The molecule has 26 heavy (non-hydrogen) atoms. The molecule has 140 valence electrons. The Kier molecular flexibility index (Phi) is 6.35. The summed E-state index contributed by atoms with van der Waals surface area (Å²) in [5, 5.41) is 0. The van der Waals surface area contributed by atoms with Gasteiger partial charge < -0.3 is 18.8 Å². The quantitative estimate of drug-likeness (QED) is 0.707. The van der Waals surface area contributed by atoms with Gasteiger partial charge in [0.1, 0.15) is 5.82 Å². The number of carbonyl (C=O) groups excluding carboxylic acids is 1. The summed E-state index contributed by atoms with van der Waals surface area (Å²) in [5.74, 6) is 1.22. The van der Waals surface area contributed by atoms with Crippen LogP contribution in [0.5, 0.6) is 0 Å². The van der Waals surface area contributed by atoms with Crippen LogP contribution in [-0.4, -0.2) is 54.2 Å². The predicted molar refractivity (Wildman–Crippen MR) is 94.9 cm³/mol. The summed E-state index contributed by atoms with van der Waals surface area (Å²) >= 11 is 0. The van der Waals surface area contributed by atoms with Crippen molar-refractivity contribution in [1.29, 1.82) is 0 Å². The molecule has 3 heterocycles. The SMILES string of the molecule is COCCOCc1cnc(C)nc1C1CCCN(C(=O)c2ccco2)C1. The van der Waals surface area contributed by atoms with Crippen molar-refractivity contribution in [2.24, 2.45) is 0 Å². The number of hydrogen-bond donors (Lipinski definition) is 0. The number of rotatable bonds is 7. The molecule has 1 atom stereocenters. The number of ether oxygens (including phenoxy) is 2. The lowest BCUT2D eigenvalue weighted by atomic mass is 9.92. The molecule has 0 aromatic carbocycles. The Labute approximate surface area is 153 Å². The van der Waals surface area contributed by atoms with Crippen molar-refractivity contribution < 1.29 is 18.7 Å². The zero-order valence-corrected chi connectivity index (χ0v) is 15.3. The molecule has 7 heteroatoms. The smallest absolute Gasteiger partial charge is 0.289 e. The van der Waals surface area contributed by atoms with Gasteiger partial charge in [0.25, 0.3) is 5.91 Å². The van der Waals surface area contributed by atoms with Crippen LogP contribution in [0.15, 0.2) is 29.0 Å². The molecule has 1 fully saturated rings. The van der Waals surface area contributed by atoms with Crippen LogP contribution in [0.4, 0.5) is 0 Å². The molecular formula is C19H25N3O4. The number of nitrogens with zero attached hydrogens (tertiary/aromatic N) is 3. The van der Waals surface area contributed by atoms with Gasteiger partial charge in [-0.05, 0) is 31.9 Å². The number of likely N-dealkylation sites (tertiary alicyclic amines) is 1. The molecule has 2 aromatic heterocycles. The highest BCUT2D eigenvalue weighted by atomic mass is 16.5. The Morgan fingerprint density at radius 2 is 2.31 bits per heavy atom. The second kappa shape index (κ2) is 8.91. The van der Waals surface area contributed by atoms with Crippen LogP contribution in [0.25, 0.3) is 0 Å². The third kappa shape index (κ3) is 4.47. The third-order valence-corrected chi connectivity index (χ3v) is 4.54. The molecule has 0 saturated carbocycles. The van der Waals surface area contributed by atoms with Crippen molar-refractivity contribution in [3.8, 4) is 0 Å². The summed E-state index contributed by atoms with van der Waals surface area (Å²) in [5.41, 5.74) is 1.95. The van der Waals surface area contributed by atoms with E-state index in [4.69, 9.17) is 13.9 Å². The molecule has 1 aliphatic rings. The van der Waals surface area contributed by atoms with Gasteiger partial charge in [-0.2, -0.15) is 0 Å². The predicted octanol–water partition coefficient (Wildman–Crippen LogP) is 2.56. The van der Waals surface area contributed by atoms with Crippen molar-refractivity contribution in [2.45, 2.75) is 32.3 Å².